The normalized spacial score (nSPS) is 17.7. The largest absolute Gasteiger partial charge is 0.494 e. The zero-order valence-electron chi connectivity index (χ0n) is 11.6. The van der Waals surface area contributed by atoms with Crippen molar-refractivity contribution in [3.8, 4) is 5.75 Å². The van der Waals surface area contributed by atoms with Gasteiger partial charge in [0.25, 0.3) is 0 Å². The van der Waals surface area contributed by atoms with E-state index in [4.69, 9.17) is 9.47 Å². The molecular weight excluding hydrogens is 242 g/mol. The number of fused-ring (bicyclic) bond motifs is 1. The summed E-state index contributed by atoms with van der Waals surface area (Å²) in [6, 6.07) is 6.16. The highest BCUT2D eigenvalue weighted by molar-refractivity contribution is 5.70. The van der Waals surface area contributed by atoms with Crippen LogP contribution in [-0.2, 0) is 16.0 Å². The van der Waals surface area contributed by atoms with E-state index in [9.17, 15) is 4.79 Å². The smallest absolute Gasteiger partial charge is 0.307 e. The number of carbonyl (C=O) groups is 1. The molecule has 0 amide bonds. The van der Waals surface area contributed by atoms with Gasteiger partial charge in [0.15, 0.2) is 0 Å². The Morgan fingerprint density at radius 2 is 2.21 bits per heavy atom. The van der Waals surface area contributed by atoms with Crippen LogP contribution in [-0.4, -0.2) is 25.7 Å². The summed E-state index contributed by atoms with van der Waals surface area (Å²) in [6.07, 6.45) is 1.36. The Morgan fingerprint density at radius 1 is 1.37 bits per heavy atom. The third-order valence-electron chi connectivity index (χ3n) is 3.26. The zero-order chi connectivity index (χ0) is 13.7. The van der Waals surface area contributed by atoms with E-state index in [1.165, 1.54) is 5.56 Å². The number of benzene rings is 1. The van der Waals surface area contributed by atoms with Crippen LogP contribution in [0.2, 0.25) is 0 Å². The number of nitrogens with one attached hydrogen (secondary N) is 1. The third-order valence-corrected chi connectivity index (χ3v) is 3.26. The second-order valence-electron chi connectivity index (χ2n) is 4.56. The third kappa shape index (κ3) is 3.47. The molecule has 0 saturated heterocycles. The Balaban J connectivity index is 2.16. The van der Waals surface area contributed by atoms with Crippen LogP contribution in [0.1, 0.15) is 37.4 Å². The molecule has 0 fully saturated rings. The Labute approximate surface area is 114 Å². The summed E-state index contributed by atoms with van der Waals surface area (Å²) in [5, 5.41) is 3.38. The zero-order valence-corrected chi connectivity index (χ0v) is 11.6. The lowest BCUT2D eigenvalue weighted by Gasteiger charge is -2.26. The lowest BCUT2D eigenvalue weighted by Crippen LogP contribution is -2.31. The van der Waals surface area contributed by atoms with Gasteiger partial charge in [-0.2, -0.15) is 0 Å². The standard InChI is InChI=1S/C15H21NO3/c1-3-18-12-6-5-11-7-8-16-14(13(11)9-12)10-15(17)19-4-2/h5-6,9,14,16H,3-4,7-8,10H2,1-2H3. The van der Waals surface area contributed by atoms with Gasteiger partial charge in [0.2, 0.25) is 0 Å². The van der Waals surface area contributed by atoms with Crippen LogP contribution in [0, 0.1) is 0 Å². The average Bonchev–Trinajstić information content (AvgIpc) is 2.40. The molecule has 19 heavy (non-hydrogen) atoms. The lowest BCUT2D eigenvalue weighted by atomic mass is 9.92. The fourth-order valence-corrected chi connectivity index (χ4v) is 2.44. The van der Waals surface area contributed by atoms with Crippen LogP contribution in [0.5, 0.6) is 5.75 Å². The van der Waals surface area contributed by atoms with Crippen LogP contribution < -0.4 is 10.1 Å². The molecule has 0 radical (unpaired) electrons. The molecule has 0 spiro atoms. The number of hydrogen-bond donors (Lipinski definition) is 1. The molecule has 1 unspecified atom stereocenters. The van der Waals surface area contributed by atoms with E-state index in [0.29, 0.717) is 19.6 Å². The molecule has 0 aromatic heterocycles. The number of esters is 1. The second kappa shape index (κ2) is 6.57. The van der Waals surface area contributed by atoms with Gasteiger partial charge in [0.05, 0.1) is 19.6 Å². The van der Waals surface area contributed by atoms with E-state index in [1.54, 1.807) is 0 Å². The molecule has 4 heteroatoms. The molecule has 0 aliphatic carbocycles. The quantitative estimate of drug-likeness (QED) is 0.828. The van der Waals surface area contributed by atoms with Crippen molar-refractivity contribution >= 4 is 5.97 Å². The maximum atomic E-state index is 11.6. The summed E-state index contributed by atoms with van der Waals surface area (Å²) >= 11 is 0. The predicted octanol–water partition coefficient (Wildman–Crippen LogP) is 2.23. The van der Waals surface area contributed by atoms with Crippen LogP contribution in [0.3, 0.4) is 0 Å². The van der Waals surface area contributed by atoms with E-state index in [0.717, 1.165) is 24.3 Å². The van der Waals surface area contributed by atoms with Crippen molar-refractivity contribution in [3.63, 3.8) is 0 Å². The molecule has 1 heterocycles. The fourth-order valence-electron chi connectivity index (χ4n) is 2.44. The van der Waals surface area contributed by atoms with Gasteiger partial charge >= 0.3 is 5.97 Å². The van der Waals surface area contributed by atoms with Crippen molar-refractivity contribution < 1.29 is 14.3 Å². The van der Waals surface area contributed by atoms with Crippen LogP contribution in [0.25, 0.3) is 0 Å². The Morgan fingerprint density at radius 3 is 2.95 bits per heavy atom. The second-order valence-corrected chi connectivity index (χ2v) is 4.56. The van der Waals surface area contributed by atoms with Crippen molar-refractivity contribution in [1.82, 2.24) is 5.32 Å². The molecule has 1 atom stereocenters. The molecule has 1 aromatic rings. The predicted molar refractivity (Wildman–Crippen MR) is 73.3 cm³/mol. The SMILES string of the molecule is CCOC(=O)CC1NCCc2ccc(OCC)cc21. The lowest BCUT2D eigenvalue weighted by molar-refractivity contribution is -0.143. The Bertz CT molecular complexity index is 445. The maximum absolute atomic E-state index is 11.6. The molecule has 1 N–H and O–H groups in total. The number of rotatable bonds is 5. The molecule has 1 aliphatic heterocycles. The summed E-state index contributed by atoms with van der Waals surface area (Å²) in [7, 11) is 0. The minimum atomic E-state index is -0.158. The summed E-state index contributed by atoms with van der Waals surface area (Å²) in [5.74, 6) is 0.702. The van der Waals surface area contributed by atoms with Crippen molar-refractivity contribution in [1.29, 1.82) is 0 Å². The first-order valence-electron chi connectivity index (χ1n) is 6.89. The van der Waals surface area contributed by atoms with Gasteiger partial charge in [-0.1, -0.05) is 6.07 Å². The first kappa shape index (κ1) is 13.9. The van der Waals surface area contributed by atoms with Crippen molar-refractivity contribution in [2.45, 2.75) is 32.7 Å². The number of carbonyl (C=O) groups excluding carboxylic acids is 1. The highest BCUT2D eigenvalue weighted by Gasteiger charge is 2.23. The molecule has 0 saturated carbocycles. The van der Waals surface area contributed by atoms with E-state index in [1.807, 2.05) is 26.0 Å². The monoisotopic (exact) mass is 263 g/mol. The minimum Gasteiger partial charge on any atom is -0.494 e. The summed E-state index contributed by atoms with van der Waals surface area (Å²) in [4.78, 5) is 11.6. The van der Waals surface area contributed by atoms with E-state index >= 15 is 0 Å². The molecule has 1 aromatic carbocycles. The summed E-state index contributed by atoms with van der Waals surface area (Å²) in [5.41, 5.74) is 2.45. The van der Waals surface area contributed by atoms with Crippen molar-refractivity contribution in [2.75, 3.05) is 19.8 Å². The first-order chi connectivity index (χ1) is 9.24. The highest BCUT2D eigenvalue weighted by Crippen LogP contribution is 2.29. The number of hydrogen-bond acceptors (Lipinski definition) is 4. The molecule has 4 nitrogen and oxygen atoms in total. The minimum absolute atomic E-state index is 0.0307. The van der Waals surface area contributed by atoms with Crippen LogP contribution in [0.15, 0.2) is 18.2 Å². The summed E-state index contributed by atoms with van der Waals surface area (Å²) in [6.45, 7) is 5.76. The van der Waals surface area contributed by atoms with Gasteiger partial charge in [-0.25, -0.2) is 0 Å². The van der Waals surface area contributed by atoms with Gasteiger partial charge in [-0.3, -0.25) is 4.79 Å². The molecule has 104 valence electrons. The van der Waals surface area contributed by atoms with Gasteiger partial charge < -0.3 is 14.8 Å². The van der Waals surface area contributed by atoms with Gasteiger partial charge in [0, 0.05) is 6.04 Å². The van der Waals surface area contributed by atoms with E-state index in [-0.39, 0.29) is 12.0 Å². The topological polar surface area (TPSA) is 47.6 Å². The van der Waals surface area contributed by atoms with Crippen molar-refractivity contribution in [2.24, 2.45) is 0 Å². The summed E-state index contributed by atoms with van der Waals surface area (Å²) < 4.78 is 10.6. The molecular formula is C15H21NO3. The van der Waals surface area contributed by atoms with Crippen LogP contribution >= 0.6 is 0 Å². The highest BCUT2D eigenvalue weighted by atomic mass is 16.5. The Kier molecular flexibility index (Phi) is 4.80. The first-order valence-corrected chi connectivity index (χ1v) is 6.89. The van der Waals surface area contributed by atoms with Gasteiger partial charge in [-0.15, -0.1) is 0 Å². The van der Waals surface area contributed by atoms with Crippen LogP contribution in [0.4, 0.5) is 0 Å². The average molecular weight is 263 g/mol. The molecule has 1 aliphatic rings. The van der Waals surface area contributed by atoms with Gasteiger partial charge in [-0.05, 0) is 50.1 Å². The van der Waals surface area contributed by atoms with Crippen molar-refractivity contribution in [3.05, 3.63) is 29.3 Å². The van der Waals surface area contributed by atoms with Gasteiger partial charge in [0.1, 0.15) is 5.75 Å². The molecule has 2 rings (SSSR count). The molecule has 0 bridgehead atoms. The Hall–Kier alpha value is -1.55. The van der Waals surface area contributed by atoms with E-state index < -0.39 is 0 Å². The fraction of sp³-hybridized carbons (Fsp3) is 0.533. The van der Waals surface area contributed by atoms with E-state index in [2.05, 4.69) is 11.4 Å². The number of ether oxygens (including phenoxy) is 2. The maximum Gasteiger partial charge on any atom is 0.307 e.